The van der Waals surface area contributed by atoms with Crippen molar-refractivity contribution >= 4 is 18.4 Å². The first-order valence-corrected chi connectivity index (χ1v) is 5.08. The highest BCUT2D eigenvalue weighted by Gasteiger charge is 2.39. The number of nitrogens with two attached hydrogens (primary N) is 1. The van der Waals surface area contributed by atoms with Gasteiger partial charge in [0, 0.05) is 0 Å². The Hall–Kier alpha value is -0.280. The lowest BCUT2D eigenvalue weighted by molar-refractivity contribution is -0.151. The molecule has 0 aliphatic heterocycles. The van der Waals surface area contributed by atoms with Gasteiger partial charge in [0.1, 0.15) is 0 Å². The Balaban J connectivity index is 0.00000169. The van der Waals surface area contributed by atoms with E-state index >= 15 is 0 Å². The van der Waals surface area contributed by atoms with Gasteiger partial charge in [-0.15, -0.1) is 12.4 Å². The molecule has 0 aromatic heterocycles. The van der Waals surface area contributed by atoms with Crippen LogP contribution in [0, 0.1) is 11.3 Å². The molecule has 1 fully saturated rings. The molecule has 0 atom stereocenters. The molecule has 0 heterocycles. The lowest BCUT2D eigenvalue weighted by Crippen LogP contribution is -2.36. The number of rotatable bonds is 3. The zero-order valence-corrected chi connectivity index (χ0v) is 9.48. The number of hydrogen-bond donors (Lipinski definition) is 2. The molecule has 0 aromatic carbocycles. The van der Waals surface area contributed by atoms with Crippen LogP contribution in [0.3, 0.4) is 0 Å². The van der Waals surface area contributed by atoms with E-state index in [0.29, 0.717) is 12.5 Å². The van der Waals surface area contributed by atoms with E-state index in [1.165, 1.54) is 0 Å². The number of aliphatic carboxylic acids is 1. The molecule has 0 bridgehead atoms. The maximum absolute atomic E-state index is 11.1. The second-order valence-electron chi connectivity index (χ2n) is 4.12. The van der Waals surface area contributed by atoms with E-state index in [4.69, 9.17) is 10.8 Å². The van der Waals surface area contributed by atoms with Crippen molar-refractivity contribution in [2.24, 2.45) is 17.1 Å². The summed E-state index contributed by atoms with van der Waals surface area (Å²) in [6.07, 6.45) is 4.33. The average Bonchev–Trinajstić information content (AvgIpc) is 2.17. The topological polar surface area (TPSA) is 63.3 Å². The van der Waals surface area contributed by atoms with Crippen molar-refractivity contribution in [3.63, 3.8) is 0 Å². The minimum Gasteiger partial charge on any atom is -0.481 e. The van der Waals surface area contributed by atoms with Gasteiger partial charge in [0.15, 0.2) is 0 Å². The van der Waals surface area contributed by atoms with Crippen molar-refractivity contribution in [1.29, 1.82) is 0 Å². The van der Waals surface area contributed by atoms with Crippen LogP contribution in [0.4, 0.5) is 0 Å². The third-order valence-electron chi connectivity index (χ3n) is 3.53. The summed E-state index contributed by atoms with van der Waals surface area (Å²) >= 11 is 0. The van der Waals surface area contributed by atoms with Crippen LogP contribution in [0.1, 0.15) is 39.0 Å². The van der Waals surface area contributed by atoms with Gasteiger partial charge in [0.05, 0.1) is 5.41 Å². The molecule has 1 rings (SSSR count). The van der Waals surface area contributed by atoms with Crippen LogP contribution in [0.15, 0.2) is 0 Å². The lowest BCUT2D eigenvalue weighted by atomic mass is 9.69. The van der Waals surface area contributed by atoms with E-state index in [-0.39, 0.29) is 12.4 Å². The van der Waals surface area contributed by atoms with Crippen molar-refractivity contribution in [1.82, 2.24) is 0 Å². The molecular weight excluding hydrogens is 202 g/mol. The highest BCUT2D eigenvalue weighted by atomic mass is 35.5. The van der Waals surface area contributed by atoms with Crippen molar-refractivity contribution in [3.05, 3.63) is 0 Å². The number of carboxylic acids is 1. The van der Waals surface area contributed by atoms with Gasteiger partial charge in [0.25, 0.3) is 0 Å². The largest absolute Gasteiger partial charge is 0.481 e. The zero-order valence-electron chi connectivity index (χ0n) is 8.66. The van der Waals surface area contributed by atoms with Crippen LogP contribution in [-0.2, 0) is 4.79 Å². The Bertz CT molecular complexity index is 189. The minimum absolute atomic E-state index is 0. The van der Waals surface area contributed by atoms with Gasteiger partial charge in [0.2, 0.25) is 0 Å². The van der Waals surface area contributed by atoms with E-state index in [2.05, 4.69) is 0 Å². The van der Waals surface area contributed by atoms with E-state index in [1.54, 1.807) is 0 Å². The van der Waals surface area contributed by atoms with Crippen LogP contribution in [0.5, 0.6) is 0 Å². The maximum Gasteiger partial charge on any atom is 0.309 e. The molecule has 0 aromatic rings. The number of carbonyl (C=O) groups is 1. The van der Waals surface area contributed by atoms with Gasteiger partial charge in [-0.3, -0.25) is 4.79 Å². The molecule has 1 saturated carbocycles. The molecule has 3 N–H and O–H groups in total. The molecule has 0 unspecified atom stereocenters. The summed E-state index contributed by atoms with van der Waals surface area (Å²) in [5.41, 5.74) is 5.12. The summed E-state index contributed by atoms with van der Waals surface area (Å²) < 4.78 is 0. The van der Waals surface area contributed by atoms with Gasteiger partial charge in [-0.05, 0) is 44.6 Å². The monoisotopic (exact) mass is 221 g/mol. The molecule has 0 saturated heterocycles. The summed E-state index contributed by atoms with van der Waals surface area (Å²) in [6, 6.07) is 0. The fraction of sp³-hybridized carbons (Fsp3) is 0.900. The molecule has 0 spiro atoms. The Morgan fingerprint density at radius 3 is 2.29 bits per heavy atom. The van der Waals surface area contributed by atoms with Crippen molar-refractivity contribution in [3.8, 4) is 0 Å². The quantitative estimate of drug-likeness (QED) is 0.767. The van der Waals surface area contributed by atoms with E-state index in [0.717, 1.165) is 32.1 Å². The smallest absolute Gasteiger partial charge is 0.309 e. The summed E-state index contributed by atoms with van der Waals surface area (Å²) in [6.45, 7) is 2.68. The molecule has 0 radical (unpaired) electrons. The fourth-order valence-electron chi connectivity index (χ4n) is 2.18. The van der Waals surface area contributed by atoms with Crippen LogP contribution in [0.25, 0.3) is 0 Å². The molecule has 84 valence electrons. The van der Waals surface area contributed by atoms with E-state index in [9.17, 15) is 4.79 Å². The Morgan fingerprint density at radius 2 is 2.00 bits per heavy atom. The highest BCUT2D eigenvalue weighted by molar-refractivity contribution is 5.85. The van der Waals surface area contributed by atoms with Crippen molar-refractivity contribution < 1.29 is 9.90 Å². The first kappa shape index (κ1) is 13.7. The number of carboxylic acid groups (broad SMARTS) is 1. The van der Waals surface area contributed by atoms with Gasteiger partial charge in [-0.1, -0.05) is 6.92 Å². The predicted octanol–water partition coefficient (Wildman–Crippen LogP) is 2.04. The van der Waals surface area contributed by atoms with Gasteiger partial charge < -0.3 is 10.8 Å². The maximum atomic E-state index is 11.1. The summed E-state index contributed by atoms with van der Waals surface area (Å²) in [4.78, 5) is 11.1. The zero-order chi connectivity index (χ0) is 9.90. The molecule has 0 amide bonds. The summed E-state index contributed by atoms with van der Waals surface area (Å²) in [5, 5.41) is 9.12. The normalized spacial score (nSPS) is 32.0. The second-order valence-corrected chi connectivity index (χ2v) is 4.12. The Labute approximate surface area is 91.5 Å². The number of hydrogen-bond acceptors (Lipinski definition) is 2. The average molecular weight is 222 g/mol. The van der Waals surface area contributed by atoms with Crippen molar-refractivity contribution in [2.45, 2.75) is 39.0 Å². The molecule has 4 heteroatoms. The van der Waals surface area contributed by atoms with Crippen LogP contribution < -0.4 is 5.73 Å². The van der Waals surface area contributed by atoms with Crippen molar-refractivity contribution in [2.75, 3.05) is 6.54 Å². The number of halogens is 1. The molecule has 14 heavy (non-hydrogen) atoms. The summed E-state index contributed by atoms with van der Waals surface area (Å²) in [7, 11) is 0. The van der Waals surface area contributed by atoms with Gasteiger partial charge in [-0.25, -0.2) is 0 Å². The third-order valence-corrected chi connectivity index (χ3v) is 3.53. The second kappa shape index (κ2) is 5.56. The van der Waals surface area contributed by atoms with Crippen LogP contribution in [0.2, 0.25) is 0 Å². The van der Waals surface area contributed by atoms with Crippen LogP contribution >= 0.6 is 12.4 Å². The van der Waals surface area contributed by atoms with Gasteiger partial charge in [-0.2, -0.15) is 0 Å². The third kappa shape index (κ3) is 2.61. The van der Waals surface area contributed by atoms with E-state index < -0.39 is 11.4 Å². The van der Waals surface area contributed by atoms with Gasteiger partial charge >= 0.3 is 5.97 Å². The Morgan fingerprint density at radius 1 is 1.50 bits per heavy atom. The molecule has 3 nitrogen and oxygen atoms in total. The lowest BCUT2D eigenvalue weighted by Gasteiger charge is -2.35. The standard InChI is InChI=1S/C10H19NO2.ClH/c1-2-10(9(12)13)5-3-8(7-11)4-6-10;/h8H,2-7,11H2,1H3,(H,12,13);1H. The fourth-order valence-corrected chi connectivity index (χ4v) is 2.18. The van der Waals surface area contributed by atoms with E-state index in [1.807, 2.05) is 6.92 Å². The summed E-state index contributed by atoms with van der Waals surface area (Å²) in [5.74, 6) is -0.0653. The van der Waals surface area contributed by atoms with Crippen LogP contribution in [-0.4, -0.2) is 17.6 Å². The molecular formula is C10H20ClNO2. The Kier molecular flexibility index (Phi) is 5.45. The first-order chi connectivity index (χ1) is 6.14. The SMILES string of the molecule is CCC1(C(=O)O)CCC(CN)CC1.Cl. The molecule has 1 aliphatic carbocycles. The minimum atomic E-state index is -0.620. The first-order valence-electron chi connectivity index (χ1n) is 5.08. The molecule has 1 aliphatic rings. The highest BCUT2D eigenvalue weighted by Crippen LogP contribution is 2.41. The predicted molar refractivity (Wildman–Crippen MR) is 58.6 cm³/mol.